The molecule has 0 aliphatic rings. The van der Waals surface area contributed by atoms with Gasteiger partial charge in [-0.2, -0.15) is 0 Å². The minimum atomic E-state index is -0.960. The third kappa shape index (κ3) is 5.75. The minimum Gasteiger partial charge on any atom is -0.493 e. The Bertz CT molecular complexity index is 989. The van der Waals surface area contributed by atoms with Gasteiger partial charge in [-0.1, -0.05) is 66.2 Å². The lowest BCUT2D eigenvalue weighted by Crippen LogP contribution is -2.25. The van der Waals surface area contributed by atoms with Gasteiger partial charge < -0.3 is 19.3 Å². The third-order valence-corrected chi connectivity index (χ3v) is 4.78. The molecule has 1 N–H and O–H groups in total. The van der Waals surface area contributed by atoms with Crippen molar-refractivity contribution in [3.05, 3.63) is 83.4 Å². The van der Waals surface area contributed by atoms with E-state index in [0.29, 0.717) is 16.5 Å². The number of ether oxygens (including phenoxy) is 3. The molecule has 0 heterocycles. The summed E-state index contributed by atoms with van der Waals surface area (Å²) < 4.78 is 16.0. The number of hydrogen-bond donors (Lipinski definition) is 1. The van der Waals surface area contributed by atoms with Crippen LogP contribution < -0.4 is 9.47 Å². The number of aliphatic hydroxyl groups excluding tert-OH is 1. The summed E-state index contributed by atoms with van der Waals surface area (Å²) in [6.07, 6.45) is -0.890. The second kappa shape index (κ2) is 10.7. The van der Waals surface area contributed by atoms with Crippen LogP contribution in [0.1, 0.15) is 5.56 Å². The molecule has 3 aromatic rings. The normalized spacial score (nSPS) is 11.6. The van der Waals surface area contributed by atoms with Gasteiger partial charge >= 0.3 is 5.97 Å². The molecule has 0 fully saturated rings. The highest BCUT2D eigenvalue weighted by Crippen LogP contribution is 2.30. The number of rotatable bonds is 9. The molecular formula is C24H23ClO5. The maximum Gasteiger partial charge on any atom is 0.310 e. The van der Waals surface area contributed by atoms with E-state index in [1.165, 1.54) is 0 Å². The van der Waals surface area contributed by atoms with Crippen molar-refractivity contribution in [3.8, 4) is 22.6 Å². The molecule has 30 heavy (non-hydrogen) atoms. The minimum absolute atomic E-state index is 0.0239. The van der Waals surface area contributed by atoms with Crippen molar-refractivity contribution < 1.29 is 24.1 Å². The molecule has 0 saturated carbocycles. The van der Waals surface area contributed by atoms with Crippen molar-refractivity contribution in [2.45, 2.75) is 12.5 Å². The molecule has 1 unspecified atom stereocenters. The fourth-order valence-electron chi connectivity index (χ4n) is 2.98. The molecule has 0 saturated heterocycles. The Kier molecular flexibility index (Phi) is 7.71. The van der Waals surface area contributed by atoms with Gasteiger partial charge in [-0.25, -0.2) is 0 Å². The number of para-hydroxylation sites is 2. The Labute approximate surface area is 180 Å². The van der Waals surface area contributed by atoms with Crippen molar-refractivity contribution in [2.24, 2.45) is 0 Å². The van der Waals surface area contributed by atoms with Crippen molar-refractivity contribution in [1.82, 2.24) is 0 Å². The van der Waals surface area contributed by atoms with E-state index < -0.39 is 12.1 Å². The molecule has 0 amide bonds. The summed E-state index contributed by atoms with van der Waals surface area (Å²) in [7, 11) is 1.54. The number of carbonyl (C=O) groups is 1. The highest BCUT2D eigenvalue weighted by molar-refractivity contribution is 6.33. The quantitative estimate of drug-likeness (QED) is 0.509. The number of carbonyl (C=O) groups excluding carboxylic acids is 1. The first-order chi connectivity index (χ1) is 14.6. The molecule has 5 nitrogen and oxygen atoms in total. The first-order valence-electron chi connectivity index (χ1n) is 9.50. The lowest BCUT2D eigenvalue weighted by Gasteiger charge is -2.15. The van der Waals surface area contributed by atoms with Gasteiger partial charge in [0.25, 0.3) is 0 Å². The highest BCUT2D eigenvalue weighted by atomic mass is 35.5. The number of benzene rings is 3. The molecule has 0 bridgehead atoms. The Morgan fingerprint density at radius 3 is 2.27 bits per heavy atom. The summed E-state index contributed by atoms with van der Waals surface area (Å²) in [6, 6.07) is 22.1. The van der Waals surface area contributed by atoms with E-state index in [4.69, 9.17) is 25.8 Å². The molecule has 0 spiro atoms. The number of aliphatic hydroxyl groups is 1. The van der Waals surface area contributed by atoms with Crippen LogP contribution in [0, 0.1) is 0 Å². The zero-order chi connectivity index (χ0) is 21.3. The van der Waals surface area contributed by atoms with Gasteiger partial charge in [0, 0.05) is 10.6 Å². The number of methoxy groups -OCH3 is 1. The van der Waals surface area contributed by atoms with Crippen LogP contribution in [0.5, 0.6) is 11.5 Å². The highest BCUT2D eigenvalue weighted by Gasteiger charge is 2.15. The molecule has 3 aromatic carbocycles. The summed E-state index contributed by atoms with van der Waals surface area (Å²) in [5.41, 5.74) is 2.53. The van der Waals surface area contributed by atoms with E-state index in [9.17, 15) is 9.90 Å². The second-order valence-electron chi connectivity index (χ2n) is 6.61. The van der Waals surface area contributed by atoms with E-state index in [1.54, 1.807) is 25.3 Å². The molecular weight excluding hydrogens is 404 g/mol. The average molecular weight is 427 g/mol. The average Bonchev–Trinajstić information content (AvgIpc) is 2.77. The van der Waals surface area contributed by atoms with Crippen LogP contribution in [0.25, 0.3) is 11.1 Å². The van der Waals surface area contributed by atoms with Gasteiger partial charge in [0.1, 0.15) is 19.3 Å². The Balaban J connectivity index is 1.55. The van der Waals surface area contributed by atoms with Crippen molar-refractivity contribution in [1.29, 1.82) is 0 Å². The molecule has 0 aliphatic carbocycles. The van der Waals surface area contributed by atoms with Crippen molar-refractivity contribution in [3.63, 3.8) is 0 Å². The summed E-state index contributed by atoms with van der Waals surface area (Å²) in [5.74, 6) is 0.641. The van der Waals surface area contributed by atoms with Gasteiger partial charge in [-0.3, -0.25) is 4.79 Å². The van der Waals surface area contributed by atoms with E-state index >= 15 is 0 Å². The summed E-state index contributed by atoms with van der Waals surface area (Å²) in [5, 5.41) is 10.7. The van der Waals surface area contributed by atoms with E-state index in [0.717, 1.165) is 16.7 Å². The predicted molar refractivity (Wildman–Crippen MR) is 116 cm³/mol. The van der Waals surface area contributed by atoms with Crippen molar-refractivity contribution >= 4 is 17.6 Å². The van der Waals surface area contributed by atoms with Gasteiger partial charge in [-0.15, -0.1) is 0 Å². The summed E-state index contributed by atoms with van der Waals surface area (Å²) in [6.45, 7) is -0.188. The van der Waals surface area contributed by atoms with Crippen molar-refractivity contribution in [2.75, 3.05) is 20.3 Å². The number of hydrogen-bond acceptors (Lipinski definition) is 5. The fourth-order valence-corrected chi connectivity index (χ4v) is 3.22. The van der Waals surface area contributed by atoms with Gasteiger partial charge in [0.2, 0.25) is 0 Å². The maximum absolute atomic E-state index is 12.3. The molecule has 156 valence electrons. The first-order valence-corrected chi connectivity index (χ1v) is 9.88. The third-order valence-electron chi connectivity index (χ3n) is 4.45. The molecule has 6 heteroatoms. The first kappa shape index (κ1) is 21.7. The Morgan fingerprint density at radius 2 is 1.53 bits per heavy atom. The summed E-state index contributed by atoms with van der Waals surface area (Å²) >= 11 is 6.30. The fraction of sp³-hybridized carbons (Fsp3) is 0.208. The van der Waals surface area contributed by atoms with Crippen LogP contribution >= 0.6 is 11.6 Å². The zero-order valence-electron chi connectivity index (χ0n) is 16.6. The molecule has 1 atom stereocenters. The van der Waals surface area contributed by atoms with Crippen LogP contribution in [0.15, 0.2) is 72.8 Å². The molecule has 0 aliphatic heterocycles. The van der Waals surface area contributed by atoms with E-state index in [1.807, 2.05) is 54.6 Å². The van der Waals surface area contributed by atoms with Crippen LogP contribution in [0.2, 0.25) is 5.02 Å². The largest absolute Gasteiger partial charge is 0.493 e. The lowest BCUT2D eigenvalue weighted by molar-refractivity contribution is -0.146. The molecule has 0 aromatic heterocycles. The Morgan fingerprint density at radius 1 is 0.900 bits per heavy atom. The topological polar surface area (TPSA) is 65.0 Å². The van der Waals surface area contributed by atoms with Crippen LogP contribution in [0.3, 0.4) is 0 Å². The summed E-state index contributed by atoms with van der Waals surface area (Å²) in [4.78, 5) is 12.3. The van der Waals surface area contributed by atoms with Crippen LogP contribution in [-0.4, -0.2) is 37.5 Å². The SMILES string of the molecule is COc1ccccc1OCC(O)COC(=O)Cc1ccccc1-c1ccccc1Cl. The number of esters is 1. The molecule has 0 radical (unpaired) electrons. The molecule has 3 rings (SSSR count). The lowest BCUT2D eigenvalue weighted by atomic mass is 9.98. The second-order valence-corrected chi connectivity index (χ2v) is 7.02. The van der Waals surface area contributed by atoms with Crippen LogP contribution in [0.4, 0.5) is 0 Å². The monoisotopic (exact) mass is 426 g/mol. The van der Waals surface area contributed by atoms with E-state index in [-0.39, 0.29) is 19.6 Å². The predicted octanol–water partition coefficient (Wildman–Crippen LogP) is 4.54. The van der Waals surface area contributed by atoms with E-state index in [2.05, 4.69) is 0 Å². The standard InChI is InChI=1S/C24H23ClO5/c1-28-22-12-6-7-13-23(22)29-15-18(26)16-30-24(27)14-17-8-2-3-9-19(17)20-10-4-5-11-21(20)25/h2-13,18,26H,14-16H2,1H3. The van der Waals surface area contributed by atoms with Gasteiger partial charge in [0.15, 0.2) is 11.5 Å². The smallest absolute Gasteiger partial charge is 0.310 e. The number of halogens is 1. The van der Waals surface area contributed by atoms with Crippen LogP contribution in [-0.2, 0) is 16.0 Å². The van der Waals surface area contributed by atoms with Gasteiger partial charge in [-0.05, 0) is 29.3 Å². The van der Waals surface area contributed by atoms with Gasteiger partial charge in [0.05, 0.1) is 13.5 Å². The maximum atomic E-state index is 12.3. The zero-order valence-corrected chi connectivity index (χ0v) is 17.3. The Hall–Kier alpha value is -3.02.